The summed E-state index contributed by atoms with van der Waals surface area (Å²) in [6.07, 6.45) is 0. The molecule has 0 amide bonds. The third kappa shape index (κ3) is 4.48. The van der Waals surface area contributed by atoms with Gasteiger partial charge in [-0.25, -0.2) is 9.97 Å². The van der Waals surface area contributed by atoms with E-state index in [1.165, 1.54) is 0 Å². The van der Waals surface area contributed by atoms with Crippen LogP contribution in [0.25, 0.3) is 0 Å². The van der Waals surface area contributed by atoms with E-state index in [0.29, 0.717) is 27.4 Å². The topological polar surface area (TPSA) is 49.8 Å². The maximum Gasteiger partial charge on any atom is 0.136 e. The smallest absolute Gasteiger partial charge is 0.136 e. The van der Waals surface area contributed by atoms with E-state index in [1.807, 2.05) is 25.1 Å². The van der Waals surface area contributed by atoms with Gasteiger partial charge < -0.3 is 10.6 Å². The van der Waals surface area contributed by atoms with Gasteiger partial charge in [-0.1, -0.05) is 29.3 Å². The van der Waals surface area contributed by atoms with Crippen molar-refractivity contribution in [2.24, 2.45) is 0 Å². The average Bonchev–Trinajstić information content (AvgIpc) is 2.32. The Kier molecular flexibility index (Phi) is 4.59. The van der Waals surface area contributed by atoms with Crippen LogP contribution in [-0.4, -0.2) is 15.5 Å². The monoisotopic (exact) mass is 324 g/mol. The van der Waals surface area contributed by atoms with Crippen LogP contribution in [0.2, 0.25) is 10.0 Å². The number of halogens is 2. The maximum atomic E-state index is 6.18. The Balaban J connectivity index is 2.30. The second-order valence-electron chi connectivity index (χ2n) is 5.79. The molecule has 0 aliphatic carbocycles. The zero-order chi connectivity index (χ0) is 15.6. The number of anilines is 3. The fraction of sp³-hybridized carbons (Fsp3) is 0.333. The molecule has 1 heterocycles. The zero-order valence-electron chi connectivity index (χ0n) is 12.5. The molecule has 4 nitrogen and oxygen atoms in total. The van der Waals surface area contributed by atoms with Crippen LogP contribution in [0.5, 0.6) is 0 Å². The highest BCUT2D eigenvalue weighted by atomic mass is 35.5. The zero-order valence-corrected chi connectivity index (χ0v) is 14.0. The summed E-state index contributed by atoms with van der Waals surface area (Å²) in [5.74, 6) is 2.10. The van der Waals surface area contributed by atoms with Gasteiger partial charge in [0.05, 0.1) is 15.7 Å². The lowest BCUT2D eigenvalue weighted by Crippen LogP contribution is -2.26. The predicted octanol–water partition coefficient (Wildman–Crippen LogP) is 5.05. The largest absolute Gasteiger partial charge is 0.365 e. The Bertz CT molecular complexity index is 651. The molecule has 1 aromatic carbocycles. The van der Waals surface area contributed by atoms with Crippen LogP contribution in [0.15, 0.2) is 24.3 Å². The first-order valence-electron chi connectivity index (χ1n) is 6.59. The van der Waals surface area contributed by atoms with Gasteiger partial charge in [-0.05, 0) is 39.8 Å². The fourth-order valence-electron chi connectivity index (χ4n) is 1.82. The molecule has 0 radical (unpaired) electrons. The number of nitrogens with one attached hydrogen (secondary N) is 2. The van der Waals surface area contributed by atoms with Gasteiger partial charge in [-0.3, -0.25) is 0 Å². The molecular formula is C15H18Cl2N4. The molecule has 2 rings (SSSR count). The molecule has 0 saturated heterocycles. The lowest BCUT2D eigenvalue weighted by atomic mass is 10.1. The molecule has 0 spiro atoms. The summed E-state index contributed by atoms with van der Waals surface area (Å²) < 4.78 is 0. The number of hydrogen-bond donors (Lipinski definition) is 2. The Morgan fingerprint density at radius 2 is 1.71 bits per heavy atom. The molecule has 0 fully saturated rings. The third-order valence-corrected chi connectivity index (χ3v) is 3.37. The molecule has 21 heavy (non-hydrogen) atoms. The molecule has 0 bridgehead atoms. The third-order valence-electron chi connectivity index (χ3n) is 2.56. The first kappa shape index (κ1) is 15.9. The summed E-state index contributed by atoms with van der Waals surface area (Å²) in [5, 5.41) is 7.47. The van der Waals surface area contributed by atoms with Crippen molar-refractivity contribution in [3.63, 3.8) is 0 Å². The van der Waals surface area contributed by atoms with E-state index in [4.69, 9.17) is 23.2 Å². The first-order chi connectivity index (χ1) is 9.74. The molecule has 2 N–H and O–H groups in total. The average molecular weight is 325 g/mol. The van der Waals surface area contributed by atoms with Crippen molar-refractivity contribution in [1.82, 2.24) is 9.97 Å². The van der Waals surface area contributed by atoms with Crippen LogP contribution in [0.4, 0.5) is 17.3 Å². The van der Waals surface area contributed by atoms with E-state index in [9.17, 15) is 0 Å². The molecule has 0 aliphatic heterocycles. The summed E-state index contributed by atoms with van der Waals surface area (Å²) in [4.78, 5) is 8.75. The number of rotatable bonds is 3. The number of aromatic nitrogens is 2. The van der Waals surface area contributed by atoms with Gasteiger partial charge in [0, 0.05) is 11.6 Å². The highest BCUT2D eigenvalue weighted by Gasteiger charge is 2.12. The highest BCUT2D eigenvalue weighted by Crippen LogP contribution is 2.31. The summed E-state index contributed by atoms with van der Waals surface area (Å²) >= 11 is 12.2. The van der Waals surface area contributed by atoms with Crippen molar-refractivity contribution in [3.05, 3.63) is 40.1 Å². The van der Waals surface area contributed by atoms with Crippen LogP contribution in [0.1, 0.15) is 26.6 Å². The van der Waals surface area contributed by atoms with Crippen LogP contribution in [0, 0.1) is 6.92 Å². The summed E-state index contributed by atoms with van der Waals surface area (Å²) in [5.41, 5.74) is 0.634. The number of hydrogen-bond acceptors (Lipinski definition) is 4. The lowest BCUT2D eigenvalue weighted by molar-refractivity contribution is 0.629. The van der Waals surface area contributed by atoms with E-state index < -0.39 is 0 Å². The van der Waals surface area contributed by atoms with Crippen LogP contribution >= 0.6 is 23.2 Å². The molecular weight excluding hydrogens is 307 g/mol. The summed E-state index contributed by atoms with van der Waals surface area (Å²) in [6, 6.07) is 7.27. The minimum absolute atomic E-state index is 0.0776. The van der Waals surface area contributed by atoms with Gasteiger partial charge in [0.25, 0.3) is 0 Å². The minimum Gasteiger partial charge on any atom is -0.365 e. The molecule has 0 aliphatic rings. The molecule has 112 valence electrons. The van der Waals surface area contributed by atoms with Gasteiger partial charge in [-0.15, -0.1) is 0 Å². The van der Waals surface area contributed by atoms with Crippen LogP contribution < -0.4 is 10.6 Å². The Morgan fingerprint density at radius 3 is 2.38 bits per heavy atom. The van der Waals surface area contributed by atoms with Crippen LogP contribution in [0.3, 0.4) is 0 Å². The second-order valence-corrected chi connectivity index (χ2v) is 6.57. The van der Waals surface area contributed by atoms with E-state index >= 15 is 0 Å². The van der Waals surface area contributed by atoms with Crippen molar-refractivity contribution in [2.45, 2.75) is 33.2 Å². The minimum atomic E-state index is -0.0776. The van der Waals surface area contributed by atoms with Crippen molar-refractivity contribution < 1.29 is 0 Å². The van der Waals surface area contributed by atoms with E-state index in [-0.39, 0.29) is 5.54 Å². The molecule has 0 saturated carbocycles. The first-order valence-corrected chi connectivity index (χ1v) is 7.35. The SMILES string of the molecule is Cc1nc(Nc2cccc(Cl)c2Cl)cc(NC(C)(C)C)n1. The van der Waals surface area contributed by atoms with E-state index in [0.717, 1.165) is 5.82 Å². The van der Waals surface area contributed by atoms with E-state index in [2.05, 4.69) is 41.4 Å². The van der Waals surface area contributed by atoms with Gasteiger partial charge in [0.2, 0.25) is 0 Å². The van der Waals surface area contributed by atoms with Gasteiger partial charge in [0.1, 0.15) is 17.5 Å². The van der Waals surface area contributed by atoms with Gasteiger partial charge >= 0.3 is 0 Å². The van der Waals surface area contributed by atoms with Crippen molar-refractivity contribution in [1.29, 1.82) is 0 Å². The lowest BCUT2D eigenvalue weighted by Gasteiger charge is -2.22. The molecule has 1 aromatic heterocycles. The highest BCUT2D eigenvalue weighted by molar-refractivity contribution is 6.43. The van der Waals surface area contributed by atoms with Gasteiger partial charge in [-0.2, -0.15) is 0 Å². The Morgan fingerprint density at radius 1 is 1.05 bits per heavy atom. The number of nitrogens with zero attached hydrogens (tertiary/aromatic N) is 2. The number of aryl methyl sites for hydroxylation is 1. The van der Waals surface area contributed by atoms with Gasteiger partial charge in [0.15, 0.2) is 0 Å². The predicted molar refractivity (Wildman–Crippen MR) is 89.9 cm³/mol. The Hall–Kier alpha value is -1.52. The van der Waals surface area contributed by atoms with Crippen molar-refractivity contribution in [3.8, 4) is 0 Å². The van der Waals surface area contributed by atoms with Crippen LogP contribution in [-0.2, 0) is 0 Å². The molecule has 6 heteroatoms. The second kappa shape index (κ2) is 6.08. The van der Waals surface area contributed by atoms with E-state index in [1.54, 1.807) is 6.07 Å². The fourth-order valence-corrected chi connectivity index (χ4v) is 2.17. The normalized spacial score (nSPS) is 11.3. The summed E-state index contributed by atoms with van der Waals surface area (Å²) in [7, 11) is 0. The molecule has 0 unspecified atom stereocenters. The van der Waals surface area contributed by atoms with Crippen molar-refractivity contribution >= 4 is 40.5 Å². The Labute approximate surface area is 134 Å². The maximum absolute atomic E-state index is 6.18. The number of benzene rings is 1. The summed E-state index contributed by atoms with van der Waals surface area (Å²) in [6.45, 7) is 8.07. The quantitative estimate of drug-likeness (QED) is 0.829. The molecule has 2 aromatic rings. The van der Waals surface area contributed by atoms with Crippen molar-refractivity contribution in [2.75, 3.05) is 10.6 Å². The standard InChI is InChI=1S/C15H18Cl2N4/c1-9-18-12(8-13(19-9)21-15(2,3)4)20-11-7-5-6-10(16)14(11)17/h5-8H,1-4H3,(H2,18,19,20,21). The molecule has 0 atom stereocenters.